The fourth-order valence-corrected chi connectivity index (χ4v) is 9.07. The third-order valence-corrected chi connectivity index (χ3v) is 12.1. The number of hydrogen-bond donors (Lipinski definition) is 3. The van der Waals surface area contributed by atoms with Crippen molar-refractivity contribution in [2.24, 2.45) is 0 Å². The first-order valence-electron chi connectivity index (χ1n) is 16.6. The molecule has 3 unspecified atom stereocenters. The van der Waals surface area contributed by atoms with Crippen molar-refractivity contribution in [1.82, 2.24) is 10.6 Å². The van der Waals surface area contributed by atoms with E-state index in [0.717, 1.165) is 54.8 Å². The van der Waals surface area contributed by atoms with Gasteiger partial charge in [0, 0.05) is 18.0 Å². The zero-order chi connectivity index (χ0) is 35.4. The molecule has 2 amide bonds. The number of thioether (sulfide) groups is 2. The van der Waals surface area contributed by atoms with Crippen LogP contribution >= 0.6 is 23.5 Å². The third-order valence-electron chi connectivity index (χ3n) is 8.62. The molecule has 49 heavy (non-hydrogen) atoms. The highest BCUT2D eigenvalue weighted by atomic mass is 32.2. The molecule has 0 saturated carbocycles. The zero-order valence-corrected chi connectivity index (χ0v) is 31.1. The summed E-state index contributed by atoms with van der Waals surface area (Å²) < 4.78 is 20.3. The van der Waals surface area contributed by atoms with Crippen molar-refractivity contribution in [1.29, 1.82) is 0 Å². The number of amides is 2. The Morgan fingerprint density at radius 1 is 0.959 bits per heavy atom. The number of para-hydroxylation sites is 1. The molecule has 3 atom stereocenters. The summed E-state index contributed by atoms with van der Waals surface area (Å²) in [5, 5.41) is 14.9. The molecule has 9 nitrogen and oxygen atoms in total. The van der Waals surface area contributed by atoms with Crippen molar-refractivity contribution in [3.8, 4) is 5.75 Å². The number of nitrogens with one attached hydrogen (secondary N) is 2. The van der Waals surface area contributed by atoms with E-state index in [1.165, 1.54) is 23.5 Å². The van der Waals surface area contributed by atoms with Gasteiger partial charge in [0.2, 0.25) is 5.91 Å². The molecule has 264 valence electrons. The summed E-state index contributed by atoms with van der Waals surface area (Å²) in [5.41, 5.74) is 2.41. The first-order chi connectivity index (χ1) is 23.7. The number of rotatable bonds is 18. The van der Waals surface area contributed by atoms with Gasteiger partial charge in [0.1, 0.15) is 17.8 Å². The van der Waals surface area contributed by atoms with E-state index in [2.05, 4.69) is 41.5 Å². The van der Waals surface area contributed by atoms with E-state index in [4.69, 9.17) is 4.74 Å². The second kappa shape index (κ2) is 18.5. The summed E-state index contributed by atoms with van der Waals surface area (Å²) in [5.74, 6) is -1.73. The number of unbranched alkanes of at least 4 members (excludes halogenated alkanes) is 2. The number of ether oxygens (including phenoxy) is 1. The highest BCUT2D eigenvalue weighted by Crippen LogP contribution is 2.48. The lowest BCUT2D eigenvalue weighted by Crippen LogP contribution is -2.49. The van der Waals surface area contributed by atoms with Crippen LogP contribution in [0, 0.1) is 0 Å². The molecule has 1 aliphatic heterocycles. The first-order valence-corrected chi connectivity index (χ1v) is 20.4. The summed E-state index contributed by atoms with van der Waals surface area (Å²) >= 11 is 2.77. The minimum absolute atomic E-state index is 0.177. The number of carboxylic acids is 1. The Morgan fingerprint density at radius 3 is 2.16 bits per heavy atom. The SMILES string of the molecule is CCCCC1(CCCC)CN(c2ccccc2)c2cc(SC)c(OCC(=O)NC(C(=O)NC(CSC)C(=O)O)c3ccccc3)cc2S1=O. The monoisotopic (exact) mass is 725 g/mol. The summed E-state index contributed by atoms with van der Waals surface area (Å²) in [6, 6.07) is 20.4. The second-order valence-corrected chi connectivity index (χ2v) is 15.7. The van der Waals surface area contributed by atoms with Gasteiger partial charge in [-0.2, -0.15) is 11.8 Å². The van der Waals surface area contributed by atoms with Crippen LogP contribution in [0.3, 0.4) is 0 Å². The Balaban J connectivity index is 1.64. The standard InChI is InChI=1S/C37H47N3O6S3/c1-5-7-19-37(20-8-6-2)25-40(27-17-13-10-14-18-27)29-21-31(48-4)30(22-32(29)49(37)45)46-23-33(41)39-34(26-15-11-9-12-16-26)35(42)38-28(24-47-3)36(43)44/h9-18,21-22,28,34H,5-8,19-20,23-25H2,1-4H3,(H,38,42)(H,39,41)(H,43,44). The molecule has 0 bridgehead atoms. The molecule has 3 aromatic rings. The van der Waals surface area contributed by atoms with E-state index in [1.54, 1.807) is 36.6 Å². The van der Waals surface area contributed by atoms with Crippen LogP contribution in [0.4, 0.5) is 11.4 Å². The maximum atomic E-state index is 14.6. The van der Waals surface area contributed by atoms with Crippen molar-refractivity contribution in [3.63, 3.8) is 0 Å². The van der Waals surface area contributed by atoms with Crippen molar-refractivity contribution in [2.45, 2.75) is 79.0 Å². The van der Waals surface area contributed by atoms with Crippen LogP contribution in [0.1, 0.15) is 64.0 Å². The average molecular weight is 726 g/mol. The van der Waals surface area contributed by atoms with Crippen LogP contribution in [0.5, 0.6) is 5.75 Å². The predicted octanol–water partition coefficient (Wildman–Crippen LogP) is 6.96. The molecule has 1 aliphatic rings. The fourth-order valence-electron chi connectivity index (χ4n) is 6.02. The largest absolute Gasteiger partial charge is 0.483 e. The number of anilines is 2. The van der Waals surface area contributed by atoms with Gasteiger partial charge in [-0.05, 0) is 55.2 Å². The molecule has 3 N–H and O–H groups in total. The van der Waals surface area contributed by atoms with Crippen LogP contribution in [0.2, 0.25) is 0 Å². The van der Waals surface area contributed by atoms with E-state index in [0.29, 0.717) is 22.8 Å². The lowest BCUT2D eigenvalue weighted by molar-refractivity contribution is -0.141. The number of carbonyl (C=O) groups excluding carboxylic acids is 2. The third kappa shape index (κ3) is 9.61. The number of benzene rings is 3. The predicted molar refractivity (Wildman–Crippen MR) is 201 cm³/mol. The smallest absolute Gasteiger partial charge is 0.327 e. The van der Waals surface area contributed by atoms with Gasteiger partial charge in [0.15, 0.2) is 6.61 Å². The maximum absolute atomic E-state index is 14.6. The first kappa shape index (κ1) is 38.3. The van der Waals surface area contributed by atoms with Gasteiger partial charge in [-0.15, -0.1) is 11.8 Å². The fraction of sp³-hybridized carbons (Fsp3) is 0.432. The Bertz CT molecular complexity index is 1580. The highest BCUT2D eigenvalue weighted by Gasteiger charge is 2.44. The minimum Gasteiger partial charge on any atom is -0.483 e. The number of carboxylic acid groups (broad SMARTS) is 1. The average Bonchev–Trinajstić information content (AvgIpc) is 3.12. The van der Waals surface area contributed by atoms with Gasteiger partial charge in [0.05, 0.1) is 31.0 Å². The Labute approximate surface area is 300 Å². The van der Waals surface area contributed by atoms with Crippen LogP contribution in [-0.2, 0) is 25.2 Å². The van der Waals surface area contributed by atoms with E-state index < -0.39 is 52.0 Å². The quantitative estimate of drug-likeness (QED) is 0.120. The van der Waals surface area contributed by atoms with Gasteiger partial charge in [0.25, 0.3) is 5.91 Å². The molecule has 0 spiro atoms. The lowest BCUT2D eigenvalue weighted by Gasteiger charge is -2.44. The van der Waals surface area contributed by atoms with E-state index in [1.807, 2.05) is 36.6 Å². The van der Waals surface area contributed by atoms with Crippen LogP contribution in [0.25, 0.3) is 0 Å². The minimum atomic E-state index is -1.33. The van der Waals surface area contributed by atoms with Gasteiger partial charge in [-0.1, -0.05) is 88.1 Å². The number of carbonyl (C=O) groups is 3. The maximum Gasteiger partial charge on any atom is 0.327 e. The van der Waals surface area contributed by atoms with Crippen molar-refractivity contribution < 1.29 is 28.4 Å². The van der Waals surface area contributed by atoms with E-state index in [-0.39, 0.29) is 5.75 Å². The van der Waals surface area contributed by atoms with Crippen molar-refractivity contribution in [3.05, 3.63) is 78.4 Å². The Kier molecular flexibility index (Phi) is 14.5. The molecule has 0 aliphatic carbocycles. The summed E-state index contributed by atoms with van der Waals surface area (Å²) in [6.45, 7) is 4.56. The number of fused-ring (bicyclic) bond motifs is 1. The summed E-state index contributed by atoms with van der Waals surface area (Å²) in [6.07, 6.45) is 9.32. The number of aliphatic carboxylic acids is 1. The highest BCUT2D eigenvalue weighted by molar-refractivity contribution is 7.98. The molecular weight excluding hydrogens is 679 g/mol. The molecule has 3 aromatic carbocycles. The molecule has 1 heterocycles. The van der Waals surface area contributed by atoms with Crippen LogP contribution in [-0.4, -0.2) is 69.3 Å². The van der Waals surface area contributed by atoms with E-state index >= 15 is 0 Å². The number of nitrogens with zero attached hydrogens (tertiary/aromatic N) is 1. The van der Waals surface area contributed by atoms with Gasteiger partial charge >= 0.3 is 5.97 Å². The molecule has 0 fully saturated rings. The van der Waals surface area contributed by atoms with Gasteiger partial charge in [-0.25, -0.2) is 4.79 Å². The zero-order valence-electron chi connectivity index (χ0n) is 28.6. The summed E-state index contributed by atoms with van der Waals surface area (Å²) in [4.78, 5) is 42.2. The number of hydrogen-bond acceptors (Lipinski definition) is 8. The molecular formula is C37H47N3O6S3. The summed E-state index contributed by atoms with van der Waals surface area (Å²) in [7, 11) is -1.33. The molecule has 12 heteroatoms. The Morgan fingerprint density at radius 2 is 1.59 bits per heavy atom. The van der Waals surface area contributed by atoms with E-state index in [9.17, 15) is 23.7 Å². The molecule has 0 radical (unpaired) electrons. The van der Waals surface area contributed by atoms with Crippen molar-refractivity contribution in [2.75, 3.05) is 36.3 Å². The molecule has 0 saturated heterocycles. The molecule has 4 rings (SSSR count). The van der Waals surface area contributed by atoms with Crippen LogP contribution < -0.4 is 20.3 Å². The van der Waals surface area contributed by atoms with Gasteiger partial charge in [-0.3, -0.25) is 13.8 Å². The Hall–Kier alpha value is -3.48. The second-order valence-electron chi connectivity index (χ2n) is 12.1. The topological polar surface area (TPSA) is 125 Å². The lowest BCUT2D eigenvalue weighted by atomic mass is 9.93. The molecule has 0 aromatic heterocycles. The van der Waals surface area contributed by atoms with Crippen molar-refractivity contribution >= 4 is 63.5 Å². The van der Waals surface area contributed by atoms with Crippen LogP contribution in [0.15, 0.2) is 82.6 Å². The normalized spacial score (nSPS) is 16.2. The van der Waals surface area contributed by atoms with Gasteiger partial charge < -0.3 is 25.4 Å².